The van der Waals surface area contributed by atoms with Crippen molar-refractivity contribution in [3.05, 3.63) is 47.1 Å². The molecule has 3 rings (SSSR count). The molecular formula is C18H20BrN3O. The first-order valence-electron chi connectivity index (χ1n) is 8.00. The SMILES string of the molecule is O=C(Nc1ccc(Nc2ccc(Br)cc2)cn1)C1CCCCC1. The van der Waals surface area contributed by atoms with E-state index >= 15 is 0 Å². The predicted octanol–water partition coefficient (Wildman–Crippen LogP) is 5.11. The number of benzene rings is 1. The fraction of sp³-hybridized carbons (Fsp3) is 0.333. The van der Waals surface area contributed by atoms with Crippen LogP contribution in [-0.2, 0) is 4.79 Å². The first-order chi connectivity index (χ1) is 11.2. The summed E-state index contributed by atoms with van der Waals surface area (Å²) >= 11 is 3.42. The van der Waals surface area contributed by atoms with Crippen LogP contribution in [0.2, 0.25) is 0 Å². The van der Waals surface area contributed by atoms with E-state index in [-0.39, 0.29) is 11.8 Å². The van der Waals surface area contributed by atoms with Crippen molar-refractivity contribution in [1.29, 1.82) is 0 Å². The van der Waals surface area contributed by atoms with E-state index in [9.17, 15) is 4.79 Å². The van der Waals surface area contributed by atoms with Crippen LogP contribution in [0.5, 0.6) is 0 Å². The molecule has 0 radical (unpaired) electrons. The van der Waals surface area contributed by atoms with E-state index in [0.29, 0.717) is 5.82 Å². The number of aromatic nitrogens is 1. The van der Waals surface area contributed by atoms with Crippen LogP contribution in [0.4, 0.5) is 17.2 Å². The lowest BCUT2D eigenvalue weighted by atomic mass is 9.89. The molecule has 5 heteroatoms. The van der Waals surface area contributed by atoms with E-state index in [0.717, 1.165) is 41.5 Å². The van der Waals surface area contributed by atoms with Gasteiger partial charge in [-0.2, -0.15) is 0 Å². The van der Waals surface area contributed by atoms with Gasteiger partial charge < -0.3 is 10.6 Å². The summed E-state index contributed by atoms with van der Waals surface area (Å²) in [6.45, 7) is 0. The molecule has 2 aromatic rings. The summed E-state index contributed by atoms with van der Waals surface area (Å²) in [5.41, 5.74) is 1.89. The molecule has 0 bridgehead atoms. The van der Waals surface area contributed by atoms with E-state index < -0.39 is 0 Å². The van der Waals surface area contributed by atoms with Crippen molar-refractivity contribution in [3.63, 3.8) is 0 Å². The second kappa shape index (κ2) is 7.59. The molecule has 0 aliphatic heterocycles. The van der Waals surface area contributed by atoms with E-state index in [1.165, 1.54) is 6.42 Å². The minimum atomic E-state index is 0.103. The van der Waals surface area contributed by atoms with Crippen LogP contribution in [0.15, 0.2) is 47.1 Å². The number of halogens is 1. The molecule has 4 nitrogen and oxygen atoms in total. The molecule has 0 unspecified atom stereocenters. The highest BCUT2D eigenvalue weighted by Gasteiger charge is 2.21. The van der Waals surface area contributed by atoms with Crippen LogP contribution in [0.3, 0.4) is 0 Å². The predicted molar refractivity (Wildman–Crippen MR) is 96.9 cm³/mol. The van der Waals surface area contributed by atoms with Crippen molar-refractivity contribution < 1.29 is 4.79 Å². The van der Waals surface area contributed by atoms with Gasteiger partial charge in [-0.05, 0) is 49.2 Å². The van der Waals surface area contributed by atoms with Crippen molar-refractivity contribution in [2.24, 2.45) is 5.92 Å². The number of nitrogens with one attached hydrogen (secondary N) is 2. The molecule has 1 amide bonds. The molecule has 120 valence electrons. The number of hydrogen-bond acceptors (Lipinski definition) is 3. The Morgan fingerprint density at radius 3 is 2.35 bits per heavy atom. The Kier molecular flexibility index (Phi) is 5.28. The van der Waals surface area contributed by atoms with Crippen molar-refractivity contribution in [2.75, 3.05) is 10.6 Å². The van der Waals surface area contributed by atoms with Crippen LogP contribution in [0.1, 0.15) is 32.1 Å². The Hall–Kier alpha value is -1.88. The zero-order chi connectivity index (χ0) is 16.1. The molecule has 2 N–H and O–H groups in total. The summed E-state index contributed by atoms with van der Waals surface area (Å²) in [6.07, 6.45) is 7.28. The van der Waals surface area contributed by atoms with E-state index in [4.69, 9.17) is 0 Å². The van der Waals surface area contributed by atoms with Gasteiger partial charge in [0.15, 0.2) is 0 Å². The fourth-order valence-corrected chi connectivity index (χ4v) is 3.10. The number of carbonyl (C=O) groups is 1. The quantitative estimate of drug-likeness (QED) is 0.782. The summed E-state index contributed by atoms with van der Waals surface area (Å²) in [5, 5.41) is 6.21. The molecule has 1 aliphatic rings. The minimum absolute atomic E-state index is 0.103. The van der Waals surface area contributed by atoms with Crippen LogP contribution < -0.4 is 10.6 Å². The highest BCUT2D eigenvalue weighted by molar-refractivity contribution is 9.10. The van der Waals surface area contributed by atoms with Gasteiger partial charge in [-0.3, -0.25) is 4.79 Å². The topological polar surface area (TPSA) is 54.0 Å². The maximum absolute atomic E-state index is 12.2. The molecule has 1 heterocycles. The van der Waals surface area contributed by atoms with Gasteiger partial charge in [0, 0.05) is 16.1 Å². The van der Waals surface area contributed by atoms with Crippen LogP contribution >= 0.6 is 15.9 Å². The molecule has 1 saturated carbocycles. The van der Waals surface area contributed by atoms with Gasteiger partial charge in [-0.15, -0.1) is 0 Å². The molecule has 1 fully saturated rings. The van der Waals surface area contributed by atoms with Gasteiger partial charge >= 0.3 is 0 Å². The number of nitrogens with zero attached hydrogens (tertiary/aromatic N) is 1. The largest absolute Gasteiger partial charge is 0.354 e. The number of hydrogen-bond donors (Lipinski definition) is 2. The van der Waals surface area contributed by atoms with Crippen molar-refractivity contribution >= 4 is 39.0 Å². The zero-order valence-electron chi connectivity index (χ0n) is 12.9. The lowest BCUT2D eigenvalue weighted by molar-refractivity contribution is -0.120. The molecule has 0 saturated heterocycles. The van der Waals surface area contributed by atoms with Crippen LogP contribution in [0, 0.1) is 5.92 Å². The van der Waals surface area contributed by atoms with Gasteiger partial charge in [0.2, 0.25) is 5.91 Å². The molecule has 1 aromatic heterocycles. The maximum atomic E-state index is 12.2. The number of rotatable bonds is 4. The molecule has 23 heavy (non-hydrogen) atoms. The van der Waals surface area contributed by atoms with Gasteiger partial charge in [0.05, 0.1) is 11.9 Å². The number of pyridine rings is 1. The molecule has 0 spiro atoms. The molecular weight excluding hydrogens is 354 g/mol. The molecule has 1 aliphatic carbocycles. The van der Waals surface area contributed by atoms with Gasteiger partial charge in [0.1, 0.15) is 5.82 Å². The van der Waals surface area contributed by atoms with Gasteiger partial charge in [-0.25, -0.2) is 4.98 Å². The summed E-state index contributed by atoms with van der Waals surface area (Å²) in [6, 6.07) is 11.7. The fourth-order valence-electron chi connectivity index (χ4n) is 2.83. The average molecular weight is 374 g/mol. The van der Waals surface area contributed by atoms with E-state index in [1.54, 1.807) is 6.20 Å². The Balaban J connectivity index is 1.58. The van der Waals surface area contributed by atoms with E-state index in [1.807, 2.05) is 36.4 Å². The van der Waals surface area contributed by atoms with Crippen LogP contribution in [0.25, 0.3) is 0 Å². The summed E-state index contributed by atoms with van der Waals surface area (Å²) in [5.74, 6) is 0.860. The number of amides is 1. The van der Waals surface area contributed by atoms with E-state index in [2.05, 4.69) is 31.5 Å². The summed E-state index contributed by atoms with van der Waals surface area (Å²) in [7, 11) is 0. The maximum Gasteiger partial charge on any atom is 0.228 e. The summed E-state index contributed by atoms with van der Waals surface area (Å²) in [4.78, 5) is 16.5. The Morgan fingerprint density at radius 1 is 1.00 bits per heavy atom. The Labute approximate surface area is 144 Å². The second-order valence-electron chi connectivity index (χ2n) is 5.89. The first-order valence-corrected chi connectivity index (χ1v) is 8.79. The van der Waals surface area contributed by atoms with Crippen molar-refractivity contribution in [3.8, 4) is 0 Å². The smallest absolute Gasteiger partial charge is 0.228 e. The highest BCUT2D eigenvalue weighted by atomic mass is 79.9. The van der Waals surface area contributed by atoms with Gasteiger partial charge in [-0.1, -0.05) is 35.2 Å². The van der Waals surface area contributed by atoms with Crippen molar-refractivity contribution in [2.45, 2.75) is 32.1 Å². The summed E-state index contributed by atoms with van der Waals surface area (Å²) < 4.78 is 1.04. The number of anilines is 3. The Bertz CT molecular complexity index is 649. The third kappa shape index (κ3) is 4.55. The standard InChI is InChI=1S/C18H20BrN3O/c19-14-6-8-15(9-7-14)21-16-10-11-17(20-12-16)22-18(23)13-4-2-1-3-5-13/h6-13,21H,1-5H2,(H,20,22,23). The molecule has 0 atom stereocenters. The second-order valence-corrected chi connectivity index (χ2v) is 6.80. The lowest BCUT2D eigenvalue weighted by Gasteiger charge is -2.20. The van der Waals surface area contributed by atoms with Crippen molar-refractivity contribution in [1.82, 2.24) is 4.98 Å². The lowest BCUT2D eigenvalue weighted by Crippen LogP contribution is -2.25. The molecule has 1 aromatic carbocycles. The highest BCUT2D eigenvalue weighted by Crippen LogP contribution is 2.25. The monoisotopic (exact) mass is 373 g/mol. The van der Waals surface area contributed by atoms with Crippen LogP contribution in [-0.4, -0.2) is 10.9 Å². The number of carbonyl (C=O) groups excluding carboxylic acids is 1. The normalized spacial score (nSPS) is 15.2. The minimum Gasteiger partial charge on any atom is -0.354 e. The third-order valence-corrected chi connectivity index (χ3v) is 4.65. The first kappa shape index (κ1) is 16.0. The van der Waals surface area contributed by atoms with Gasteiger partial charge in [0.25, 0.3) is 0 Å². The Morgan fingerprint density at radius 2 is 1.70 bits per heavy atom. The third-order valence-electron chi connectivity index (χ3n) is 4.12. The average Bonchev–Trinajstić information content (AvgIpc) is 2.59. The zero-order valence-corrected chi connectivity index (χ0v) is 14.5.